The third-order valence-electron chi connectivity index (χ3n) is 4.44. The van der Waals surface area contributed by atoms with E-state index in [2.05, 4.69) is 57.3 Å². The largest absolute Gasteiger partial charge is 0.353 e. The zero-order valence-corrected chi connectivity index (χ0v) is 14.1. The van der Waals surface area contributed by atoms with Crippen molar-refractivity contribution in [3.63, 3.8) is 0 Å². The summed E-state index contributed by atoms with van der Waals surface area (Å²) < 4.78 is 2.20. The van der Waals surface area contributed by atoms with E-state index >= 15 is 0 Å². The number of carbonyl (C=O) groups excluding carboxylic acids is 1. The van der Waals surface area contributed by atoms with Crippen molar-refractivity contribution < 1.29 is 4.79 Å². The van der Waals surface area contributed by atoms with Gasteiger partial charge in [0.2, 0.25) is 0 Å². The lowest BCUT2D eigenvalue weighted by molar-refractivity contribution is 0.0943. The van der Waals surface area contributed by atoms with Crippen molar-refractivity contribution in [1.29, 1.82) is 0 Å². The predicted octanol–water partition coefficient (Wildman–Crippen LogP) is 2.33. The van der Waals surface area contributed by atoms with Gasteiger partial charge < -0.3 is 9.88 Å². The monoisotopic (exact) mass is 324 g/mol. The van der Waals surface area contributed by atoms with Gasteiger partial charge in [-0.25, -0.2) is 0 Å². The second-order valence-electron chi connectivity index (χ2n) is 6.20. The van der Waals surface area contributed by atoms with Crippen LogP contribution in [-0.4, -0.2) is 46.0 Å². The van der Waals surface area contributed by atoms with Crippen LogP contribution in [0.5, 0.6) is 0 Å². The first-order valence-corrected chi connectivity index (χ1v) is 8.45. The average Bonchev–Trinajstić information content (AvgIpc) is 3.14. The predicted molar refractivity (Wildman–Crippen MR) is 94.7 cm³/mol. The lowest BCUT2D eigenvalue weighted by Gasteiger charge is -2.30. The van der Waals surface area contributed by atoms with E-state index in [0.717, 1.165) is 32.6 Å². The maximum absolute atomic E-state index is 12.3. The first-order valence-electron chi connectivity index (χ1n) is 8.45. The highest BCUT2D eigenvalue weighted by Crippen LogP contribution is 2.14. The molecule has 3 heterocycles. The Morgan fingerprint density at radius 2 is 2.00 bits per heavy atom. The number of hydrogen-bond donors (Lipinski definition) is 1. The van der Waals surface area contributed by atoms with Crippen LogP contribution in [0.2, 0.25) is 0 Å². The van der Waals surface area contributed by atoms with Crippen molar-refractivity contribution in [3.05, 3.63) is 66.3 Å². The van der Waals surface area contributed by atoms with Crippen LogP contribution >= 0.6 is 0 Å². The van der Waals surface area contributed by atoms with Gasteiger partial charge in [-0.1, -0.05) is 6.08 Å². The molecule has 0 radical (unpaired) electrons. The topological polar surface area (TPSA) is 50.2 Å². The lowest BCUT2D eigenvalue weighted by Crippen LogP contribution is -2.41. The van der Waals surface area contributed by atoms with Crippen molar-refractivity contribution in [2.45, 2.75) is 25.9 Å². The Kier molecular flexibility index (Phi) is 5.43. The van der Waals surface area contributed by atoms with E-state index in [1.54, 1.807) is 24.5 Å². The highest BCUT2D eigenvalue weighted by Gasteiger charge is 2.19. The molecule has 1 amide bonds. The number of hydrogen-bond acceptors (Lipinski definition) is 3. The van der Waals surface area contributed by atoms with E-state index in [-0.39, 0.29) is 11.9 Å². The van der Waals surface area contributed by atoms with Crippen molar-refractivity contribution in [2.24, 2.45) is 0 Å². The van der Waals surface area contributed by atoms with Crippen molar-refractivity contribution in [2.75, 3.05) is 19.6 Å². The minimum Gasteiger partial charge on any atom is -0.353 e. The summed E-state index contributed by atoms with van der Waals surface area (Å²) >= 11 is 0. The van der Waals surface area contributed by atoms with E-state index in [1.165, 1.54) is 5.57 Å². The molecule has 1 atom stereocenters. The number of nitrogens with one attached hydrogen (secondary N) is 1. The molecule has 5 heteroatoms. The number of carbonyl (C=O) groups is 1. The van der Waals surface area contributed by atoms with Gasteiger partial charge >= 0.3 is 0 Å². The second-order valence-corrected chi connectivity index (χ2v) is 6.20. The Morgan fingerprint density at radius 1 is 1.25 bits per heavy atom. The highest BCUT2D eigenvalue weighted by molar-refractivity contribution is 5.94. The first kappa shape index (κ1) is 16.5. The molecule has 0 saturated heterocycles. The van der Waals surface area contributed by atoms with Crippen LogP contribution in [0.3, 0.4) is 0 Å². The van der Waals surface area contributed by atoms with Crippen molar-refractivity contribution >= 4 is 5.91 Å². The fourth-order valence-corrected chi connectivity index (χ4v) is 2.99. The van der Waals surface area contributed by atoms with Crippen LogP contribution in [0.25, 0.3) is 0 Å². The quantitative estimate of drug-likeness (QED) is 0.830. The molecule has 2 aromatic heterocycles. The fraction of sp³-hybridized carbons (Fsp3) is 0.368. The molecule has 1 aliphatic heterocycles. The minimum absolute atomic E-state index is 0.0417. The number of nitrogens with zero attached hydrogens (tertiary/aromatic N) is 3. The Bertz CT molecular complexity index is 679. The van der Waals surface area contributed by atoms with E-state index in [4.69, 9.17) is 0 Å². The molecule has 5 nitrogen and oxygen atoms in total. The number of pyridine rings is 1. The minimum atomic E-state index is -0.0461. The average molecular weight is 324 g/mol. The molecule has 3 rings (SSSR count). The van der Waals surface area contributed by atoms with Crippen LogP contribution in [0.4, 0.5) is 0 Å². The zero-order chi connectivity index (χ0) is 16.8. The Hall–Kier alpha value is -2.40. The number of rotatable bonds is 6. The smallest absolute Gasteiger partial charge is 0.251 e. The fourth-order valence-electron chi connectivity index (χ4n) is 2.99. The van der Waals surface area contributed by atoms with Gasteiger partial charge in [0.25, 0.3) is 5.91 Å². The summed E-state index contributed by atoms with van der Waals surface area (Å²) in [5, 5.41) is 3.09. The van der Waals surface area contributed by atoms with Gasteiger partial charge in [0.15, 0.2) is 0 Å². The summed E-state index contributed by atoms with van der Waals surface area (Å²) in [5.41, 5.74) is 1.94. The van der Waals surface area contributed by atoms with E-state index < -0.39 is 0 Å². The molecule has 2 aromatic rings. The van der Waals surface area contributed by atoms with Gasteiger partial charge in [-0.2, -0.15) is 0 Å². The maximum atomic E-state index is 12.3. The second kappa shape index (κ2) is 7.93. The van der Waals surface area contributed by atoms with E-state index in [9.17, 15) is 4.79 Å². The Morgan fingerprint density at radius 3 is 2.75 bits per heavy atom. The molecule has 126 valence electrons. The van der Waals surface area contributed by atoms with Crippen LogP contribution in [0, 0.1) is 0 Å². The third-order valence-corrected chi connectivity index (χ3v) is 4.44. The lowest BCUT2D eigenvalue weighted by atomic mass is 10.0. The van der Waals surface area contributed by atoms with Gasteiger partial charge in [-0.15, -0.1) is 0 Å². The van der Waals surface area contributed by atoms with Crippen LogP contribution in [0.15, 0.2) is 60.7 Å². The number of aromatic nitrogens is 2. The summed E-state index contributed by atoms with van der Waals surface area (Å²) in [4.78, 5) is 18.7. The third kappa shape index (κ3) is 4.32. The molecular formula is C19H24N4O. The molecular weight excluding hydrogens is 300 g/mol. The molecule has 0 bridgehead atoms. The standard InChI is InChI=1S/C19H24N4O/c1-16(21-19(24)17-6-8-20-9-7-17)18-5-4-12-23(15-18)14-13-22-10-2-3-11-22/h2-3,5-11,16H,4,12-15H2,1H3,(H,21,24). The molecule has 1 aliphatic rings. The van der Waals surface area contributed by atoms with Gasteiger partial charge in [-0.3, -0.25) is 14.7 Å². The van der Waals surface area contributed by atoms with Gasteiger partial charge in [-0.05, 0) is 43.2 Å². The molecule has 0 spiro atoms. The maximum Gasteiger partial charge on any atom is 0.251 e. The summed E-state index contributed by atoms with van der Waals surface area (Å²) in [5.74, 6) is -0.0461. The molecule has 24 heavy (non-hydrogen) atoms. The normalized spacial score (nSPS) is 16.5. The van der Waals surface area contributed by atoms with Gasteiger partial charge in [0.05, 0.1) is 0 Å². The van der Waals surface area contributed by atoms with Crippen molar-refractivity contribution in [3.8, 4) is 0 Å². The summed E-state index contributed by atoms with van der Waals surface area (Å²) in [6, 6.07) is 7.62. The molecule has 0 fully saturated rings. The van der Waals surface area contributed by atoms with E-state index in [0.29, 0.717) is 5.56 Å². The molecule has 1 N–H and O–H groups in total. The van der Waals surface area contributed by atoms with Crippen LogP contribution in [0.1, 0.15) is 23.7 Å². The summed E-state index contributed by atoms with van der Waals surface area (Å²) in [6.45, 7) is 6.07. The molecule has 0 aliphatic carbocycles. The Labute approximate surface area is 143 Å². The van der Waals surface area contributed by atoms with Crippen molar-refractivity contribution in [1.82, 2.24) is 19.8 Å². The summed E-state index contributed by atoms with van der Waals surface area (Å²) in [6.07, 6.45) is 10.8. The molecule has 0 aromatic carbocycles. The van der Waals surface area contributed by atoms with Crippen LogP contribution < -0.4 is 5.32 Å². The van der Waals surface area contributed by atoms with Gasteiger partial charge in [0.1, 0.15) is 0 Å². The molecule has 0 saturated carbocycles. The zero-order valence-electron chi connectivity index (χ0n) is 14.1. The highest BCUT2D eigenvalue weighted by atomic mass is 16.1. The van der Waals surface area contributed by atoms with Gasteiger partial charge in [0, 0.05) is 62.6 Å². The number of amides is 1. The first-order chi connectivity index (χ1) is 11.7. The van der Waals surface area contributed by atoms with Crippen LogP contribution in [-0.2, 0) is 6.54 Å². The molecule has 1 unspecified atom stereocenters. The van der Waals surface area contributed by atoms with E-state index in [1.807, 2.05) is 0 Å². The Balaban J connectivity index is 1.52. The SMILES string of the molecule is CC(NC(=O)c1ccncc1)C1=CCCN(CCn2cccc2)C1. The summed E-state index contributed by atoms with van der Waals surface area (Å²) in [7, 11) is 0.